The lowest BCUT2D eigenvalue weighted by Gasteiger charge is -2.29. The lowest BCUT2D eigenvalue weighted by Crippen LogP contribution is -2.33. The maximum absolute atomic E-state index is 14.8. The van der Waals surface area contributed by atoms with Crippen molar-refractivity contribution < 1.29 is 28.1 Å². The van der Waals surface area contributed by atoms with Crippen molar-refractivity contribution in [1.82, 2.24) is 14.5 Å². The van der Waals surface area contributed by atoms with Gasteiger partial charge in [0.2, 0.25) is 0 Å². The minimum Gasteiger partial charge on any atom is -0.462 e. The van der Waals surface area contributed by atoms with Crippen LogP contribution >= 0.6 is 22.9 Å². The first kappa shape index (κ1) is 28.3. The first-order chi connectivity index (χ1) is 20.8. The Labute approximate surface area is 257 Å². The molecule has 1 saturated heterocycles. The molecule has 3 aliphatic rings. The van der Waals surface area contributed by atoms with Gasteiger partial charge in [0, 0.05) is 37.2 Å². The third kappa shape index (κ3) is 5.31. The Morgan fingerprint density at radius 2 is 2.12 bits per heavy atom. The average Bonchev–Trinajstić information content (AvgIpc) is 3.62. The van der Waals surface area contributed by atoms with Crippen LogP contribution in [-0.4, -0.2) is 52.8 Å². The summed E-state index contributed by atoms with van der Waals surface area (Å²) in [5.41, 5.74) is 3.21. The second-order valence-electron chi connectivity index (χ2n) is 11.1. The predicted molar refractivity (Wildman–Crippen MR) is 162 cm³/mol. The molecule has 0 unspecified atom stereocenters. The van der Waals surface area contributed by atoms with Gasteiger partial charge in [-0.15, -0.1) is 11.3 Å². The Hall–Kier alpha value is -3.44. The van der Waals surface area contributed by atoms with E-state index in [0.717, 1.165) is 59.8 Å². The Morgan fingerprint density at radius 1 is 1.26 bits per heavy atom. The Kier molecular flexibility index (Phi) is 7.41. The van der Waals surface area contributed by atoms with Gasteiger partial charge in [0.25, 0.3) is 5.79 Å². The molecule has 7 rings (SSSR count). The fourth-order valence-corrected chi connectivity index (χ4v) is 7.03. The number of aromatic nitrogens is 2. The van der Waals surface area contributed by atoms with Gasteiger partial charge < -0.3 is 23.5 Å². The van der Waals surface area contributed by atoms with Crippen molar-refractivity contribution in [3.05, 3.63) is 81.2 Å². The molecule has 0 amide bonds. The molecule has 0 saturated carbocycles. The number of carbonyl (C=O) groups is 1. The Bertz CT molecular complexity index is 1750. The summed E-state index contributed by atoms with van der Waals surface area (Å²) < 4.78 is 40.4. The van der Waals surface area contributed by atoms with Crippen LogP contribution in [0.3, 0.4) is 0 Å². The monoisotopic (exact) mass is 623 g/mol. The van der Waals surface area contributed by atoms with E-state index < -0.39 is 11.6 Å². The molecular formula is C32H31ClFN3O5S. The summed E-state index contributed by atoms with van der Waals surface area (Å²) in [5, 5.41) is 0.318. The van der Waals surface area contributed by atoms with Crippen molar-refractivity contribution in [2.75, 3.05) is 26.3 Å². The van der Waals surface area contributed by atoms with Crippen molar-refractivity contribution in [3.8, 4) is 11.5 Å². The number of ether oxygens (including phenoxy) is 4. The highest BCUT2D eigenvalue weighted by molar-refractivity contribution is 7.20. The molecule has 224 valence electrons. The normalized spacial score (nSPS) is 21.6. The molecule has 5 heterocycles. The number of para-hydroxylation sites is 1. The summed E-state index contributed by atoms with van der Waals surface area (Å²) in [6.45, 7) is 7.59. The molecule has 0 spiro atoms. The molecule has 0 aliphatic carbocycles. The number of thiophene rings is 1. The predicted octanol–water partition coefficient (Wildman–Crippen LogP) is 6.79. The van der Waals surface area contributed by atoms with Crippen LogP contribution in [0.4, 0.5) is 4.39 Å². The van der Waals surface area contributed by atoms with Gasteiger partial charge in [0.05, 0.1) is 31.4 Å². The van der Waals surface area contributed by atoms with E-state index in [9.17, 15) is 9.18 Å². The summed E-state index contributed by atoms with van der Waals surface area (Å²) in [6, 6.07) is 12.1. The van der Waals surface area contributed by atoms with Crippen molar-refractivity contribution in [1.29, 1.82) is 0 Å². The first-order valence-electron chi connectivity index (χ1n) is 14.5. The first-order valence-corrected chi connectivity index (χ1v) is 15.7. The molecule has 1 fully saturated rings. The number of benzene rings is 2. The second kappa shape index (κ2) is 11.2. The molecule has 43 heavy (non-hydrogen) atoms. The van der Waals surface area contributed by atoms with Gasteiger partial charge in [-0.2, -0.15) is 0 Å². The standard InChI is InChI=1S/C32H31ClFN3O5S/c1-3-39-31(38)27-16-25-30(43-27)37(17-21-11-14-40-21)28(35-25)18-36-12-9-19(10-13-36)22-5-4-6-26-29(22)42-32(2,41-26)23-8-7-20(33)15-24(23)34/h4-9,15-16,21H,3,10-14,17-18H2,1-2H3/t21-,32-/m0/s1. The number of carbonyl (C=O) groups excluding carboxylic acids is 1. The van der Waals surface area contributed by atoms with Gasteiger partial charge in [0.15, 0.2) is 11.5 Å². The molecule has 0 N–H and O–H groups in total. The maximum atomic E-state index is 14.8. The molecule has 0 radical (unpaired) electrons. The summed E-state index contributed by atoms with van der Waals surface area (Å²) >= 11 is 7.39. The summed E-state index contributed by atoms with van der Waals surface area (Å²) in [5.74, 6) is 0.0778. The second-order valence-corrected chi connectivity index (χ2v) is 12.5. The van der Waals surface area contributed by atoms with Crippen LogP contribution in [0.25, 0.3) is 15.9 Å². The number of fused-ring (bicyclic) bond motifs is 2. The van der Waals surface area contributed by atoms with E-state index in [1.807, 2.05) is 24.3 Å². The molecular weight excluding hydrogens is 593 g/mol. The fourth-order valence-electron chi connectivity index (χ4n) is 5.85. The van der Waals surface area contributed by atoms with Crippen LogP contribution in [0, 0.1) is 5.82 Å². The number of hydrogen-bond acceptors (Lipinski definition) is 8. The minimum atomic E-state index is -1.30. The van der Waals surface area contributed by atoms with Crippen molar-refractivity contribution in [2.45, 2.75) is 51.7 Å². The summed E-state index contributed by atoms with van der Waals surface area (Å²) in [6.07, 6.45) is 4.19. The molecule has 8 nitrogen and oxygen atoms in total. The van der Waals surface area contributed by atoms with E-state index >= 15 is 0 Å². The Balaban J connectivity index is 1.10. The molecule has 2 aromatic heterocycles. The van der Waals surface area contributed by atoms with Gasteiger partial charge in [0.1, 0.15) is 26.9 Å². The van der Waals surface area contributed by atoms with E-state index in [0.29, 0.717) is 46.7 Å². The number of esters is 1. The number of halogens is 2. The van der Waals surface area contributed by atoms with Gasteiger partial charge in [-0.25, -0.2) is 14.2 Å². The largest absolute Gasteiger partial charge is 0.462 e. The fraction of sp³-hybridized carbons (Fsp3) is 0.375. The molecule has 11 heteroatoms. The van der Waals surface area contributed by atoms with Crippen molar-refractivity contribution in [2.24, 2.45) is 0 Å². The topological polar surface area (TPSA) is 75.0 Å². The van der Waals surface area contributed by atoms with Gasteiger partial charge >= 0.3 is 5.97 Å². The van der Waals surface area contributed by atoms with Gasteiger partial charge in [-0.05, 0) is 55.7 Å². The van der Waals surface area contributed by atoms with Crippen LogP contribution < -0.4 is 9.47 Å². The average molecular weight is 624 g/mol. The third-order valence-electron chi connectivity index (χ3n) is 8.16. The molecule has 2 aromatic carbocycles. The number of hydrogen-bond donors (Lipinski definition) is 0. The molecule has 4 aromatic rings. The van der Waals surface area contributed by atoms with Crippen LogP contribution in [0.1, 0.15) is 53.3 Å². The smallest absolute Gasteiger partial charge is 0.348 e. The van der Waals surface area contributed by atoms with Crippen LogP contribution in [0.5, 0.6) is 11.5 Å². The van der Waals surface area contributed by atoms with Crippen LogP contribution in [0.2, 0.25) is 5.02 Å². The van der Waals surface area contributed by atoms with Crippen LogP contribution in [0.15, 0.2) is 48.5 Å². The molecule has 3 aliphatic heterocycles. The van der Waals surface area contributed by atoms with Crippen LogP contribution in [-0.2, 0) is 28.4 Å². The minimum absolute atomic E-state index is 0.159. The maximum Gasteiger partial charge on any atom is 0.348 e. The summed E-state index contributed by atoms with van der Waals surface area (Å²) in [7, 11) is 0. The number of rotatable bonds is 8. The van der Waals surface area contributed by atoms with E-state index in [1.54, 1.807) is 26.0 Å². The zero-order valence-corrected chi connectivity index (χ0v) is 25.5. The number of imidazole rings is 1. The van der Waals surface area contributed by atoms with Gasteiger partial charge in [-0.3, -0.25) is 4.90 Å². The highest BCUT2D eigenvalue weighted by atomic mass is 35.5. The number of nitrogens with zero attached hydrogens (tertiary/aromatic N) is 3. The van der Waals surface area contributed by atoms with E-state index in [2.05, 4.69) is 15.5 Å². The third-order valence-corrected chi connectivity index (χ3v) is 9.52. The molecule has 2 atom stereocenters. The van der Waals surface area contributed by atoms with Crippen molar-refractivity contribution >= 4 is 44.8 Å². The molecule has 0 bridgehead atoms. The summed E-state index contributed by atoms with van der Waals surface area (Å²) in [4.78, 5) is 21.2. The SMILES string of the molecule is CCOC(=O)c1cc2nc(CN3CC=C(c4cccc5c4O[C@@](C)(c4ccc(Cl)cc4F)O5)CC3)n(C[C@@H]3CCO3)c2s1. The zero-order valence-electron chi connectivity index (χ0n) is 23.9. The van der Waals surface area contributed by atoms with Gasteiger partial charge in [-0.1, -0.05) is 29.8 Å². The van der Waals surface area contributed by atoms with E-state index in [1.165, 1.54) is 17.4 Å². The highest BCUT2D eigenvalue weighted by Crippen LogP contribution is 2.49. The van der Waals surface area contributed by atoms with E-state index in [-0.39, 0.29) is 12.1 Å². The van der Waals surface area contributed by atoms with Crippen molar-refractivity contribution in [3.63, 3.8) is 0 Å². The van der Waals surface area contributed by atoms with E-state index in [4.69, 9.17) is 35.5 Å². The quantitative estimate of drug-likeness (QED) is 0.200. The lowest BCUT2D eigenvalue weighted by atomic mass is 9.98. The highest BCUT2D eigenvalue weighted by Gasteiger charge is 2.42. The Morgan fingerprint density at radius 3 is 2.84 bits per heavy atom. The lowest BCUT2D eigenvalue weighted by molar-refractivity contribution is -0.0708. The zero-order chi connectivity index (χ0) is 29.7.